The number of carboxylic acids is 1. The van der Waals surface area contributed by atoms with Crippen molar-refractivity contribution in [2.45, 2.75) is 120 Å². The van der Waals surface area contributed by atoms with Crippen LogP contribution < -0.4 is 0 Å². The zero-order valence-corrected chi connectivity index (χ0v) is 20.0. The molecule has 1 N–H and O–H groups in total. The molecule has 176 valence electrons. The van der Waals surface area contributed by atoms with Crippen LogP contribution in [0.3, 0.4) is 0 Å². The van der Waals surface area contributed by atoms with E-state index in [1.165, 1.54) is 36.2 Å². The van der Waals surface area contributed by atoms with Crippen LogP contribution in [0.15, 0.2) is 0 Å². The predicted octanol–water partition coefficient (Wildman–Crippen LogP) is 7.85. The van der Waals surface area contributed by atoms with Gasteiger partial charge in [0.1, 0.15) is 0 Å². The van der Waals surface area contributed by atoms with Crippen molar-refractivity contribution in [2.24, 2.45) is 0 Å². The molecule has 0 radical (unpaired) electrons. The molecule has 0 spiro atoms. The number of aliphatic carboxylic acids is 1. The first-order valence-electron chi connectivity index (χ1n) is 11.0. The summed E-state index contributed by atoms with van der Waals surface area (Å²) in [5, 5.41) is 7.42. The van der Waals surface area contributed by atoms with E-state index in [2.05, 4.69) is 0 Å². The SMILES string of the molecule is C1CCC(P(C2CCCCC2)C2CCCCC2)CC1.CC(=O)O.F[B-](F)(F)F.[Pd]. The maximum absolute atomic E-state index is 9.75. The number of halogens is 4. The molecule has 0 aromatic rings. The van der Waals surface area contributed by atoms with Crippen molar-refractivity contribution in [1.29, 1.82) is 0 Å². The second-order valence-corrected chi connectivity index (χ2v) is 11.4. The first-order valence-corrected chi connectivity index (χ1v) is 12.6. The van der Waals surface area contributed by atoms with E-state index >= 15 is 0 Å². The van der Waals surface area contributed by atoms with E-state index in [9.17, 15) is 17.3 Å². The third-order valence-corrected chi connectivity index (χ3v) is 10.1. The Morgan fingerprint density at radius 2 is 0.862 bits per heavy atom. The third kappa shape index (κ3) is 14.9. The Bertz CT molecular complexity index is 372. The van der Waals surface area contributed by atoms with Gasteiger partial charge in [0.15, 0.2) is 0 Å². The van der Waals surface area contributed by atoms with Crippen LogP contribution in [-0.2, 0) is 25.2 Å². The first kappa shape index (κ1) is 29.3. The number of hydrogen-bond acceptors (Lipinski definition) is 1. The van der Waals surface area contributed by atoms with Crippen molar-refractivity contribution >= 4 is 21.1 Å². The van der Waals surface area contributed by atoms with Crippen LogP contribution in [0.2, 0.25) is 0 Å². The van der Waals surface area contributed by atoms with Crippen LogP contribution in [0.4, 0.5) is 17.3 Å². The molecule has 0 saturated heterocycles. The average Bonchev–Trinajstić information content (AvgIpc) is 2.63. The van der Waals surface area contributed by atoms with Gasteiger partial charge in [-0.25, -0.2) is 0 Å². The molecular formula is C20H37BF4O2PPd-. The average molecular weight is 534 g/mol. The largest absolute Gasteiger partial charge is 0.673 e. The van der Waals surface area contributed by atoms with Crippen molar-refractivity contribution in [1.82, 2.24) is 0 Å². The maximum atomic E-state index is 9.75. The molecule has 0 bridgehead atoms. The summed E-state index contributed by atoms with van der Waals surface area (Å²) in [5.41, 5.74) is 3.57. The van der Waals surface area contributed by atoms with E-state index in [0.29, 0.717) is 7.92 Å². The fourth-order valence-electron chi connectivity index (χ4n) is 5.03. The normalized spacial score (nSPS) is 21.9. The van der Waals surface area contributed by atoms with Crippen LogP contribution in [0.25, 0.3) is 0 Å². The maximum Gasteiger partial charge on any atom is 0.673 e. The van der Waals surface area contributed by atoms with Gasteiger partial charge in [0.05, 0.1) is 0 Å². The molecule has 2 nitrogen and oxygen atoms in total. The van der Waals surface area contributed by atoms with Crippen LogP contribution in [0.1, 0.15) is 103 Å². The zero-order valence-electron chi connectivity index (χ0n) is 17.5. The van der Waals surface area contributed by atoms with Gasteiger partial charge >= 0.3 is 7.25 Å². The van der Waals surface area contributed by atoms with Crippen LogP contribution in [0.5, 0.6) is 0 Å². The van der Waals surface area contributed by atoms with Gasteiger partial charge in [-0.15, -0.1) is 0 Å². The summed E-state index contributed by atoms with van der Waals surface area (Å²) in [7, 11) is -5.62. The third-order valence-electron chi connectivity index (χ3n) is 5.99. The number of rotatable bonds is 3. The Kier molecular flexibility index (Phi) is 16.2. The molecule has 0 aliphatic heterocycles. The molecule has 9 heteroatoms. The Labute approximate surface area is 188 Å². The van der Waals surface area contributed by atoms with Gasteiger partial charge in [-0.3, -0.25) is 4.79 Å². The van der Waals surface area contributed by atoms with E-state index in [-0.39, 0.29) is 20.4 Å². The van der Waals surface area contributed by atoms with Crippen LogP contribution in [-0.4, -0.2) is 35.3 Å². The van der Waals surface area contributed by atoms with Crippen LogP contribution in [0, 0.1) is 0 Å². The summed E-state index contributed by atoms with van der Waals surface area (Å²) in [6, 6.07) is 0. The van der Waals surface area contributed by atoms with Gasteiger partial charge in [0.2, 0.25) is 0 Å². The summed E-state index contributed by atoms with van der Waals surface area (Å²) in [4.78, 5) is 9.00. The van der Waals surface area contributed by atoms with Gasteiger partial charge in [-0.05, 0) is 55.5 Å². The standard InChI is InChI=1S/C18H33P.C2H4O2.BF4.Pd/c1-4-10-16(11-5-1)19(17-12-6-2-7-13-17)18-14-8-3-9-15-18;1-2(3)4;2-1(3,4)5;/h16-18H,1-15H2;1H3,(H,3,4);;/q;;-1;. The van der Waals surface area contributed by atoms with Crippen molar-refractivity contribution < 1.29 is 47.6 Å². The molecule has 0 aromatic carbocycles. The van der Waals surface area contributed by atoms with Gasteiger partial charge in [0.25, 0.3) is 5.97 Å². The summed E-state index contributed by atoms with van der Waals surface area (Å²) >= 11 is 0. The predicted molar refractivity (Wildman–Crippen MR) is 111 cm³/mol. The summed E-state index contributed by atoms with van der Waals surface area (Å²) in [6.07, 6.45) is 23.6. The van der Waals surface area contributed by atoms with E-state index in [1.54, 1.807) is 77.0 Å². The molecule has 3 saturated carbocycles. The smallest absolute Gasteiger partial charge is 0.481 e. The van der Waals surface area contributed by atoms with Gasteiger partial charge in [-0.2, -0.15) is 0 Å². The van der Waals surface area contributed by atoms with Crippen LogP contribution >= 0.6 is 7.92 Å². The van der Waals surface area contributed by atoms with Crippen molar-refractivity contribution in [2.75, 3.05) is 0 Å². The van der Waals surface area contributed by atoms with E-state index in [1.807, 2.05) is 0 Å². The Morgan fingerprint density at radius 1 is 0.690 bits per heavy atom. The van der Waals surface area contributed by atoms with Gasteiger partial charge in [-0.1, -0.05) is 65.7 Å². The van der Waals surface area contributed by atoms with Gasteiger partial charge in [0, 0.05) is 27.3 Å². The molecule has 0 atom stereocenters. The van der Waals surface area contributed by atoms with E-state index in [0.717, 1.165) is 6.92 Å². The fraction of sp³-hybridized carbons (Fsp3) is 0.950. The monoisotopic (exact) mass is 533 g/mol. The molecule has 0 amide bonds. The zero-order chi connectivity index (χ0) is 21.0. The molecule has 3 rings (SSSR count). The minimum absolute atomic E-state index is 0. The Hall–Kier alpha value is 0.347. The molecule has 3 aliphatic rings. The van der Waals surface area contributed by atoms with Crippen molar-refractivity contribution in [3.05, 3.63) is 0 Å². The Balaban J connectivity index is 0.000000668. The van der Waals surface area contributed by atoms with E-state index < -0.39 is 13.2 Å². The molecule has 29 heavy (non-hydrogen) atoms. The number of carbonyl (C=O) groups is 1. The van der Waals surface area contributed by atoms with E-state index in [4.69, 9.17) is 9.90 Å². The van der Waals surface area contributed by atoms with Crippen molar-refractivity contribution in [3.8, 4) is 0 Å². The fourth-order valence-corrected chi connectivity index (χ4v) is 9.71. The first-order chi connectivity index (χ1) is 13.2. The minimum Gasteiger partial charge on any atom is -0.481 e. The molecule has 0 heterocycles. The number of hydrogen-bond donors (Lipinski definition) is 1. The second kappa shape index (κ2) is 16.0. The molecular weight excluding hydrogens is 496 g/mol. The summed E-state index contributed by atoms with van der Waals surface area (Å²) in [6.45, 7) is 1.08. The van der Waals surface area contributed by atoms with Gasteiger partial charge < -0.3 is 22.4 Å². The second-order valence-electron chi connectivity index (χ2n) is 8.34. The topological polar surface area (TPSA) is 37.3 Å². The summed E-state index contributed by atoms with van der Waals surface area (Å²) < 4.78 is 39.0. The molecule has 3 fully saturated rings. The molecule has 3 aliphatic carbocycles. The van der Waals surface area contributed by atoms with Crippen molar-refractivity contribution in [3.63, 3.8) is 0 Å². The Morgan fingerprint density at radius 3 is 1.03 bits per heavy atom. The minimum atomic E-state index is -6.00. The quantitative estimate of drug-likeness (QED) is 0.228. The molecule has 0 unspecified atom stereocenters. The molecule has 0 aromatic heterocycles. The summed E-state index contributed by atoms with van der Waals surface area (Å²) in [5.74, 6) is -0.833. The number of carboxylic acid groups (broad SMARTS) is 1.